The first-order chi connectivity index (χ1) is 11.6. The van der Waals surface area contributed by atoms with Crippen LogP contribution in [0.3, 0.4) is 0 Å². The molecule has 0 saturated carbocycles. The zero-order valence-corrected chi connectivity index (χ0v) is 15.6. The lowest BCUT2D eigenvalue weighted by atomic mass is 10.2. The predicted molar refractivity (Wildman–Crippen MR) is 101 cm³/mol. The third-order valence-corrected chi connectivity index (χ3v) is 7.22. The predicted octanol–water partition coefficient (Wildman–Crippen LogP) is 5.06. The third kappa shape index (κ3) is 6.57. The average Bonchev–Trinajstić information content (AvgIpc) is 2.58. The zero-order chi connectivity index (χ0) is 17.3. The second kappa shape index (κ2) is 9.74. The molecule has 0 radical (unpaired) electrons. The molecular formula is C19H24O3S2. The lowest BCUT2D eigenvalue weighted by Crippen LogP contribution is -1.98. The average molecular weight is 365 g/mol. The van der Waals surface area contributed by atoms with E-state index in [2.05, 4.69) is 0 Å². The van der Waals surface area contributed by atoms with E-state index >= 15 is 0 Å². The van der Waals surface area contributed by atoms with E-state index in [1.807, 2.05) is 49.4 Å². The van der Waals surface area contributed by atoms with E-state index in [0.29, 0.717) is 17.3 Å². The fraction of sp³-hybridized carbons (Fsp3) is 0.368. The van der Waals surface area contributed by atoms with Gasteiger partial charge in [0.1, 0.15) is 5.75 Å². The minimum atomic E-state index is -3.22. The number of ether oxygens (including phenoxy) is 1. The summed E-state index contributed by atoms with van der Waals surface area (Å²) in [6, 6.07) is 16.8. The van der Waals surface area contributed by atoms with Crippen molar-refractivity contribution in [2.75, 3.05) is 12.4 Å². The summed E-state index contributed by atoms with van der Waals surface area (Å²) in [5.74, 6) is 1.53. The van der Waals surface area contributed by atoms with Gasteiger partial charge in [-0.2, -0.15) is 0 Å². The molecule has 3 nitrogen and oxygen atoms in total. The molecule has 0 aliphatic heterocycles. The molecule has 130 valence electrons. The molecule has 0 N–H and O–H groups in total. The van der Waals surface area contributed by atoms with Crippen molar-refractivity contribution < 1.29 is 13.2 Å². The van der Waals surface area contributed by atoms with Gasteiger partial charge >= 0.3 is 0 Å². The van der Waals surface area contributed by atoms with Gasteiger partial charge in [-0.05, 0) is 54.8 Å². The van der Waals surface area contributed by atoms with Crippen LogP contribution in [0, 0.1) is 6.92 Å². The van der Waals surface area contributed by atoms with Crippen LogP contribution in [0.4, 0.5) is 0 Å². The van der Waals surface area contributed by atoms with Gasteiger partial charge in [0.2, 0.25) is 8.87 Å². The number of para-hydroxylation sites is 1. The van der Waals surface area contributed by atoms with E-state index in [1.165, 1.54) is 0 Å². The lowest BCUT2D eigenvalue weighted by molar-refractivity contribution is 0.305. The summed E-state index contributed by atoms with van der Waals surface area (Å²) in [6.45, 7) is 2.66. The van der Waals surface area contributed by atoms with Crippen molar-refractivity contribution in [2.24, 2.45) is 0 Å². The minimum Gasteiger partial charge on any atom is -0.494 e. The van der Waals surface area contributed by atoms with Crippen molar-refractivity contribution in [2.45, 2.75) is 37.5 Å². The van der Waals surface area contributed by atoms with Crippen LogP contribution in [0.2, 0.25) is 0 Å². The molecule has 2 aromatic rings. The Labute approximate surface area is 148 Å². The molecule has 24 heavy (non-hydrogen) atoms. The van der Waals surface area contributed by atoms with Gasteiger partial charge in [-0.15, -0.1) is 0 Å². The topological polar surface area (TPSA) is 43.4 Å². The summed E-state index contributed by atoms with van der Waals surface area (Å²) >= 11 is 0. The van der Waals surface area contributed by atoms with Gasteiger partial charge in [-0.3, -0.25) is 0 Å². The highest BCUT2D eigenvalue weighted by Gasteiger charge is 2.14. The van der Waals surface area contributed by atoms with Crippen LogP contribution < -0.4 is 4.74 Å². The van der Waals surface area contributed by atoms with Crippen molar-refractivity contribution in [1.82, 2.24) is 0 Å². The fourth-order valence-corrected chi connectivity index (χ4v) is 5.11. The molecule has 0 amide bonds. The van der Waals surface area contributed by atoms with Gasteiger partial charge < -0.3 is 4.74 Å². The molecule has 0 bridgehead atoms. The largest absolute Gasteiger partial charge is 0.494 e. The molecule has 0 atom stereocenters. The first-order valence-corrected chi connectivity index (χ1v) is 11.2. The molecule has 5 heteroatoms. The Bertz CT molecular complexity index is 695. The summed E-state index contributed by atoms with van der Waals surface area (Å²) in [7, 11) is -2.18. The molecule has 0 saturated heterocycles. The SMILES string of the molecule is Cc1ccc(S(=O)(=O)SCCCCCCOc2ccccc2)cc1. The highest BCUT2D eigenvalue weighted by molar-refractivity contribution is 8.72. The second-order valence-electron chi connectivity index (χ2n) is 5.66. The van der Waals surface area contributed by atoms with Gasteiger partial charge in [-0.1, -0.05) is 48.7 Å². The minimum absolute atomic E-state index is 0.398. The third-order valence-electron chi connectivity index (χ3n) is 3.60. The molecule has 2 rings (SSSR count). The molecule has 0 fully saturated rings. The number of hydrogen-bond acceptors (Lipinski definition) is 4. The molecule has 0 aromatic heterocycles. The summed E-state index contributed by atoms with van der Waals surface area (Å²) in [5.41, 5.74) is 1.07. The molecule has 2 aromatic carbocycles. The van der Waals surface area contributed by atoms with Crippen LogP contribution in [0.1, 0.15) is 31.2 Å². The number of benzene rings is 2. The van der Waals surface area contributed by atoms with Gasteiger partial charge in [0, 0.05) is 5.75 Å². The number of unbranched alkanes of at least 4 members (excludes halogenated alkanes) is 3. The number of aryl methyl sites for hydroxylation is 1. The normalized spacial score (nSPS) is 11.4. The van der Waals surface area contributed by atoms with E-state index in [1.54, 1.807) is 12.1 Å². The van der Waals surface area contributed by atoms with Crippen LogP contribution in [0.15, 0.2) is 59.5 Å². The molecule has 0 heterocycles. The molecular weight excluding hydrogens is 340 g/mol. The van der Waals surface area contributed by atoms with Crippen LogP contribution in [0.25, 0.3) is 0 Å². The molecule has 0 spiro atoms. The Morgan fingerprint density at radius 1 is 0.875 bits per heavy atom. The Balaban J connectivity index is 1.57. The Morgan fingerprint density at radius 2 is 1.54 bits per heavy atom. The van der Waals surface area contributed by atoms with E-state index in [0.717, 1.165) is 47.8 Å². The highest BCUT2D eigenvalue weighted by Crippen LogP contribution is 2.24. The smallest absolute Gasteiger partial charge is 0.229 e. The van der Waals surface area contributed by atoms with Crippen molar-refractivity contribution in [1.29, 1.82) is 0 Å². The van der Waals surface area contributed by atoms with E-state index < -0.39 is 8.87 Å². The van der Waals surface area contributed by atoms with E-state index in [-0.39, 0.29) is 0 Å². The Kier molecular flexibility index (Phi) is 7.66. The standard InChI is InChI=1S/C19H24O3S2/c1-17-11-13-19(14-12-17)24(20,21)23-16-8-3-2-7-15-22-18-9-5-4-6-10-18/h4-6,9-14H,2-3,7-8,15-16H2,1H3. The maximum atomic E-state index is 12.2. The van der Waals surface area contributed by atoms with Crippen molar-refractivity contribution in [3.63, 3.8) is 0 Å². The van der Waals surface area contributed by atoms with Crippen LogP contribution in [-0.4, -0.2) is 20.8 Å². The van der Waals surface area contributed by atoms with Gasteiger partial charge in [0.15, 0.2) is 0 Å². The van der Waals surface area contributed by atoms with Crippen molar-refractivity contribution in [3.8, 4) is 5.75 Å². The molecule has 0 unspecified atom stereocenters. The number of hydrogen-bond donors (Lipinski definition) is 0. The summed E-state index contributed by atoms with van der Waals surface area (Å²) in [4.78, 5) is 0.398. The first kappa shape index (κ1) is 18.9. The molecule has 0 aliphatic carbocycles. The summed E-state index contributed by atoms with van der Waals surface area (Å²) in [5, 5.41) is 0. The number of rotatable bonds is 10. The quantitative estimate of drug-likeness (QED) is 0.437. The zero-order valence-electron chi connectivity index (χ0n) is 14.0. The van der Waals surface area contributed by atoms with E-state index in [9.17, 15) is 8.42 Å². The van der Waals surface area contributed by atoms with Crippen molar-refractivity contribution in [3.05, 3.63) is 60.2 Å². The first-order valence-electron chi connectivity index (χ1n) is 8.22. The van der Waals surface area contributed by atoms with Crippen LogP contribution in [-0.2, 0) is 8.87 Å². The van der Waals surface area contributed by atoms with Gasteiger partial charge in [-0.25, -0.2) is 8.42 Å². The monoisotopic (exact) mass is 364 g/mol. The van der Waals surface area contributed by atoms with Crippen LogP contribution in [0.5, 0.6) is 5.75 Å². The Morgan fingerprint density at radius 3 is 2.25 bits per heavy atom. The van der Waals surface area contributed by atoms with Crippen LogP contribution >= 0.6 is 10.8 Å². The highest BCUT2D eigenvalue weighted by atomic mass is 33.1. The maximum Gasteiger partial charge on any atom is 0.229 e. The molecule has 0 aliphatic rings. The second-order valence-corrected chi connectivity index (χ2v) is 9.71. The van der Waals surface area contributed by atoms with Gasteiger partial charge in [0.05, 0.1) is 11.5 Å². The maximum absolute atomic E-state index is 12.2. The van der Waals surface area contributed by atoms with Crippen molar-refractivity contribution >= 4 is 19.7 Å². The Hall–Kier alpha value is -1.46. The van der Waals surface area contributed by atoms with Gasteiger partial charge in [0.25, 0.3) is 0 Å². The summed E-state index contributed by atoms with van der Waals surface area (Å²) in [6.07, 6.45) is 3.97. The summed E-state index contributed by atoms with van der Waals surface area (Å²) < 4.78 is 30.0. The fourth-order valence-electron chi connectivity index (χ4n) is 2.21. The van der Waals surface area contributed by atoms with E-state index in [4.69, 9.17) is 4.74 Å². The lowest BCUT2D eigenvalue weighted by Gasteiger charge is -2.06.